The monoisotopic (exact) mass is 376 g/mol. The molecule has 0 bridgehead atoms. The molecule has 0 fully saturated rings. The first-order valence-corrected chi connectivity index (χ1v) is 8.70. The lowest BCUT2D eigenvalue weighted by Gasteiger charge is -2.33. The molecule has 4 atom stereocenters. The van der Waals surface area contributed by atoms with Gasteiger partial charge in [0.05, 0.1) is 82.7 Å². The van der Waals surface area contributed by atoms with Gasteiger partial charge in [-0.2, -0.15) is 0 Å². The van der Waals surface area contributed by atoms with Gasteiger partial charge in [-0.3, -0.25) is 0 Å². The molecule has 25 heavy (non-hydrogen) atoms. The van der Waals surface area contributed by atoms with E-state index in [1.807, 2.05) is 0 Å². The molecule has 0 aromatic rings. The maximum atomic E-state index is 9.38. The van der Waals surface area contributed by atoms with E-state index in [0.29, 0.717) is 0 Å². The van der Waals surface area contributed by atoms with Crippen LogP contribution in [0.25, 0.3) is 0 Å². The van der Waals surface area contributed by atoms with Crippen LogP contribution in [0.5, 0.6) is 0 Å². The Hall–Kier alpha value is -0.320. The number of aliphatic hydroxyl groups is 4. The second kappa shape index (κ2) is 13.8. The number of rotatable bonds is 16. The highest BCUT2D eigenvalue weighted by Crippen LogP contribution is 2.21. The second-order valence-electron chi connectivity index (χ2n) is 6.96. The van der Waals surface area contributed by atoms with E-state index >= 15 is 0 Å². The fourth-order valence-electron chi connectivity index (χ4n) is 2.03. The Kier molecular flexibility index (Phi) is 13.7. The highest BCUT2D eigenvalue weighted by molar-refractivity contribution is 4.80. The average Bonchev–Trinajstić information content (AvgIpc) is 2.45. The largest absolute Gasteiger partial charge is 0.391 e. The van der Waals surface area contributed by atoms with Crippen molar-refractivity contribution >= 4 is 0 Å². The van der Waals surface area contributed by atoms with Crippen LogP contribution in [-0.2, 0) is 18.9 Å². The molecule has 0 amide bonds. The Morgan fingerprint density at radius 3 is 0.920 bits per heavy atom. The smallest absolute Gasteiger partial charge is 0.0745 e. The van der Waals surface area contributed by atoms with E-state index in [1.54, 1.807) is 27.7 Å². The second-order valence-corrected chi connectivity index (χ2v) is 6.96. The summed E-state index contributed by atoms with van der Waals surface area (Å²) < 4.78 is 22.2. The van der Waals surface area contributed by atoms with Crippen LogP contribution >= 0.6 is 0 Å². The van der Waals surface area contributed by atoms with Gasteiger partial charge in [-0.1, -0.05) is 0 Å². The third-order valence-corrected chi connectivity index (χ3v) is 3.07. The summed E-state index contributed by atoms with van der Waals surface area (Å²) in [6, 6.07) is 0. The molecule has 0 aromatic carbocycles. The molecule has 0 rings (SSSR count). The molecule has 0 heterocycles. The Labute approximate surface area is 156 Å². The molecule has 4 N–H and O–H groups in total. The lowest BCUT2D eigenvalue weighted by molar-refractivity contribution is -0.128. The minimum atomic E-state index is -0.687. The van der Waals surface area contributed by atoms with Crippen LogP contribution in [0.3, 0.4) is 0 Å². The predicted molar refractivity (Wildman–Crippen MR) is 101 cm³/mol. The number of hydrogen-bond donors (Lipinski definition) is 4. The fourth-order valence-corrected chi connectivity index (χ4v) is 2.03. The molecule has 8 heteroatoms. The zero-order chi connectivity index (χ0) is 19.3. The van der Waals surface area contributed by atoms with Gasteiger partial charge in [0.15, 0.2) is 0 Å². The van der Waals surface area contributed by atoms with Crippen molar-refractivity contribution in [3.63, 3.8) is 0 Å². The summed E-state index contributed by atoms with van der Waals surface area (Å²) in [5, 5.41) is 37.5. The first kappa shape index (κ1) is 24.7. The van der Waals surface area contributed by atoms with Crippen molar-refractivity contribution in [2.45, 2.75) is 52.1 Å². The molecular weight excluding hydrogens is 332 g/mol. The topological polar surface area (TPSA) is 118 Å². The standard InChI is InChI=1S/C17H36O8.4H2/c1-13(18)5-22-9-17(10-23-6-14(2)19,11-24-7-15(3)20)12-25-8-16(4)21;;;;/h13-16,18-21H,5-12H2,1-4H3;4*1H. The van der Waals surface area contributed by atoms with E-state index < -0.39 is 29.8 Å². The van der Waals surface area contributed by atoms with Crippen LogP contribution in [0.15, 0.2) is 0 Å². The van der Waals surface area contributed by atoms with Crippen LogP contribution in [0.1, 0.15) is 33.4 Å². The Morgan fingerprint density at radius 2 is 0.760 bits per heavy atom. The molecule has 0 spiro atoms. The zero-order valence-corrected chi connectivity index (χ0v) is 15.9. The molecular formula is C17H44O8. The third kappa shape index (κ3) is 14.5. The van der Waals surface area contributed by atoms with Gasteiger partial charge in [-0.25, -0.2) is 0 Å². The fraction of sp³-hybridized carbons (Fsp3) is 1.00. The van der Waals surface area contributed by atoms with Crippen LogP contribution in [0.4, 0.5) is 0 Å². The normalized spacial score (nSPS) is 19.2. The SMILES string of the molecule is CC(O)COCC(COCC(C)O)(COCC(C)O)COCC(C)O.[HH].[HH].[HH].[HH]. The lowest BCUT2D eigenvalue weighted by Crippen LogP contribution is -2.43. The maximum absolute atomic E-state index is 9.38. The van der Waals surface area contributed by atoms with Gasteiger partial charge in [-0.15, -0.1) is 0 Å². The van der Waals surface area contributed by atoms with Gasteiger partial charge in [0, 0.05) is 5.71 Å². The molecule has 0 aliphatic rings. The van der Waals surface area contributed by atoms with Crippen molar-refractivity contribution < 1.29 is 45.1 Å². The Morgan fingerprint density at radius 1 is 0.560 bits per heavy atom. The van der Waals surface area contributed by atoms with E-state index in [2.05, 4.69) is 0 Å². The summed E-state index contributed by atoms with van der Waals surface area (Å²) in [5.41, 5.74) is -0.687. The quantitative estimate of drug-likeness (QED) is 0.308. The molecule has 160 valence electrons. The van der Waals surface area contributed by atoms with Gasteiger partial charge in [0.25, 0.3) is 0 Å². The van der Waals surface area contributed by atoms with E-state index in [-0.39, 0.29) is 58.6 Å². The first-order valence-electron chi connectivity index (χ1n) is 8.70. The molecule has 0 aromatic heterocycles. The third-order valence-electron chi connectivity index (χ3n) is 3.07. The van der Waals surface area contributed by atoms with E-state index in [4.69, 9.17) is 18.9 Å². The summed E-state index contributed by atoms with van der Waals surface area (Å²) in [6.07, 6.45) is -2.42. The molecule has 8 nitrogen and oxygen atoms in total. The molecule has 0 aliphatic heterocycles. The summed E-state index contributed by atoms with van der Waals surface area (Å²) in [6.45, 7) is 7.95. The molecule has 0 saturated carbocycles. The number of aliphatic hydroxyl groups excluding tert-OH is 4. The van der Waals surface area contributed by atoms with Gasteiger partial charge in [0.1, 0.15) is 0 Å². The van der Waals surface area contributed by atoms with Crippen LogP contribution in [0, 0.1) is 5.41 Å². The Balaban J connectivity index is -0.000000480. The van der Waals surface area contributed by atoms with Crippen molar-refractivity contribution in [2.75, 3.05) is 52.9 Å². The summed E-state index contributed by atoms with van der Waals surface area (Å²) in [5.74, 6) is 0. The van der Waals surface area contributed by atoms with E-state index in [9.17, 15) is 20.4 Å². The average molecular weight is 377 g/mol. The van der Waals surface area contributed by atoms with E-state index in [0.717, 1.165) is 0 Å². The maximum Gasteiger partial charge on any atom is 0.0745 e. The van der Waals surface area contributed by atoms with Crippen molar-refractivity contribution in [1.82, 2.24) is 0 Å². The molecule has 0 aliphatic carbocycles. The minimum absolute atomic E-state index is 0. The molecule has 0 radical (unpaired) electrons. The van der Waals surface area contributed by atoms with Gasteiger partial charge >= 0.3 is 0 Å². The number of ether oxygens (including phenoxy) is 4. The molecule has 4 unspecified atom stereocenters. The summed E-state index contributed by atoms with van der Waals surface area (Å²) in [7, 11) is 0. The van der Waals surface area contributed by atoms with Crippen LogP contribution < -0.4 is 0 Å². The number of hydrogen-bond acceptors (Lipinski definition) is 8. The van der Waals surface area contributed by atoms with Gasteiger partial charge < -0.3 is 39.4 Å². The lowest BCUT2D eigenvalue weighted by atomic mass is 9.92. The summed E-state index contributed by atoms with van der Waals surface area (Å²) >= 11 is 0. The van der Waals surface area contributed by atoms with Crippen molar-refractivity contribution in [3.05, 3.63) is 0 Å². The van der Waals surface area contributed by atoms with Gasteiger partial charge in [-0.05, 0) is 27.7 Å². The highest BCUT2D eigenvalue weighted by Gasteiger charge is 2.33. The predicted octanol–water partition coefficient (Wildman–Crippen LogP) is 0.546. The first-order chi connectivity index (χ1) is 11.7. The van der Waals surface area contributed by atoms with Gasteiger partial charge in [0.2, 0.25) is 0 Å². The zero-order valence-electron chi connectivity index (χ0n) is 15.9. The highest BCUT2D eigenvalue weighted by atomic mass is 16.5. The van der Waals surface area contributed by atoms with Crippen LogP contribution in [-0.4, -0.2) is 97.7 Å². The molecule has 0 saturated heterocycles. The minimum Gasteiger partial charge on any atom is -0.391 e. The van der Waals surface area contributed by atoms with Crippen molar-refractivity contribution in [2.24, 2.45) is 5.41 Å². The van der Waals surface area contributed by atoms with Crippen molar-refractivity contribution in [1.29, 1.82) is 0 Å². The van der Waals surface area contributed by atoms with Crippen LogP contribution in [0.2, 0.25) is 0 Å². The van der Waals surface area contributed by atoms with E-state index in [1.165, 1.54) is 0 Å². The Bertz CT molecular complexity index is 262. The summed E-state index contributed by atoms with van der Waals surface area (Å²) in [4.78, 5) is 0. The van der Waals surface area contributed by atoms with Crippen molar-refractivity contribution in [3.8, 4) is 0 Å².